The summed E-state index contributed by atoms with van der Waals surface area (Å²) in [6.07, 6.45) is 2.92. The van der Waals surface area contributed by atoms with E-state index in [1.807, 2.05) is 30.7 Å². The zero-order chi connectivity index (χ0) is 22.1. The van der Waals surface area contributed by atoms with E-state index in [4.69, 9.17) is 24.5 Å². The molecule has 2 aliphatic heterocycles. The number of aryl methyl sites for hydroxylation is 1. The van der Waals surface area contributed by atoms with Crippen LogP contribution in [0.2, 0.25) is 0 Å². The van der Waals surface area contributed by atoms with Gasteiger partial charge in [-0.1, -0.05) is 0 Å². The number of hydrogen-bond acceptors (Lipinski definition) is 9. The highest BCUT2D eigenvalue weighted by molar-refractivity contribution is 5.90. The molecule has 0 unspecified atom stereocenters. The zero-order valence-electron chi connectivity index (χ0n) is 18.8. The predicted molar refractivity (Wildman–Crippen MR) is 122 cm³/mol. The molecule has 0 amide bonds. The van der Waals surface area contributed by atoms with Crippen molar-refractivity contribution < 1.29 is 9.47 Å². The number of nitrogens with one attached hydrogen (secondary N) is 2. The second-order valence-corrected chi connectivity index (χ2v) is 8.36. The van der Waals surface area contributed by atoms with Gasteiger partial charge < -0.3 is 25.0 Å². The summed E-state index contributed by atoms with van der Waals surface area (Å²) in [4.78, 5) is 16.8. The Morgan fingerprint density at radius 2 is 2.22 bits per heavy atom. The van der Waals surface area contributed by atoms with Crippen LogP contribution in [-0.2, 0) is 22.6 Å². The Balaban J connectivity index is 1.62. The van der Waals surface area contributed by atoms with Gasteiger partial charge in [0.2, 0.25) is 5.95 Å². The van der Waals surface area contributed by atoms with Crippen LogP contribution in [0.15, 0.2) is 18.3 Å². The summed E-state index contributed by atoms with van der Waals surface area (Å²) >= 11 is 0. The molecular weight excluding hydrogens is 408 g/mol. The van der Waals surface area contributed by atoms with Crippen molar-refractivity contribution in [1.29, 1.82) is 0 Å². The number of methoxy groups -OCH3 is 1. The molecule has 0 aliphatic carbocycles. The number of pyridine rings is 1. The Kier molecular flexibility index (Phi) is 5.90. The van der Waals surface area contributed by atoms with Crippen LogP contribution in [0.4, 0.5) is 17.6 Å². The molecule has 3 aromatic heterocycles. The highest BCUT2D eigenvalue weighted by Crippen LogP contribution is 2.33. The van der Waals surface area contributed by atoms with E-state index < -0.39 is 0 Å². The first kappa shape index (κ1) is 21.0. The van der Waals surface area contributed by atoms with Crippen molar-refractivity contribution in [2.45, 2.75) is 45.5 Å². The molecule has 0 radical (unpaired) electrons. The number of aromatic nitrogens is 5. The van der Waals surface area contributed by atoms with E-state index >= 15 is 0 Å². The van der Waals surface area contributed by atoms with Crippen molar-refractivity contribution in [3.63, 3.8) is 0 Å². The van der Waals surface area contributed by atoms with Gasteiger partial charge in [0, 0.05) is 45.1 Å². The van der Waals surface area contributed by atoms with Crippen LogP contribution in [0.3, 0.4) is 0 Å². The first-order valence-corrected chi connectivity index (χ1v) is 11.2. The minimum Gasteiger partial charge on any atom is -0.380 e. The Hall–Kier alpha value is -2.82. The van der Waals surface area contributed by atoms with E-state index in [9.17, 15) is 0 Å². The Morgan fingerprint density at radius 1 is 1.31 bits per heavy atom. The summed E-state index contributed by atoms with van der Waals surface area (Å²) in [5, 5.41) is 11.8. The minimum absolute atomic E-state index is 0.379. The summed E-state index contributed by atoms with van der Waals surface area (Å²) in [7, 11) is 1.67. The van der Waals surface area contributed by atoms with Gasteiger partial charge in [0.25, 0.3) is 0 Å². The maximum absolute atomic E-state index is 5.59. The molecule has 32 heavy (non-hydrogen) atoms. The third kappa shape index (κ3) is 4.01. The van der Waals surface area contributed by atoms with E-state index in [0.29, 0.717) is 44.3 Å². The number of hydrogen-bond donors (Lipinski definition) is 2. The van der Waals surface area contributed by atoms with Gasteiger partial charge in [-0.3, -0.25) is 4.68 Å². The lowest BCUT2D eigenvalue weighted by Gasteiger charge is -2.27. The van der Waals surface area contributed by atoms with Gasteiger partial charge in [0.05, 0.1) is 19.8 Å². The van der Waals surface area contributed by atoms with Crippen LogP contribution in [-0.4, -0.2) is 70.2 Å². The van der Waals surface area contributed by atoms with Gasteiger partial charge in [0.15, 0.2) is 5.82 Å². The lowest BCUT2D eigenvalue weighted by Crippen LogP contribution is -2.44. The molecule has 0 saturated carbocycles. The van der Waals surface area contributed by atoms with Crippen molar-refractivity contribution in [3.05, 3.63) is 29.6 Å². The smallest absolute Gasteiger partial charge is 0.228 e. The molecule has 5 rings (SSSR count). The van der Waals surface area contributed by atoms with Crippen molar-refractivity contribution in [3.8, 4) is 0 Å². The van der Waals surface area contributed by atoms with Crippen LogP contribution in [0, 0.1) is 6.92 Å². The van der Waals surface area contributed by atoms with Gasteiger partial charge in [-0.05, 0) is 38.0 Å². The SMILES string of the molecule is CCOCCn1nc(COC)c2nc(N3C[C@@H]4C[C@H]3CN4)nc(Nc3cc(C)ccn3)c21. The fraction of sp³-hybridized carbons (Fsp3) is 0.545. The highest BCUT2D eigenvalue weighted by Gasteiger charge is 2.39. The average molecular weight is 439 g/mol. The lowest BCUT2D eigenvalue weighted by molar-refractivity contribution is 0.136. The lowest BCUT2D eigenvalue weighted by atomic mass is 10.2. The second-order valence-electron chi connectivity index (χ2n) is 8.36. The van der Waals surface area contributed by atoms with Crippen molar-refractivity contribution in [2.24, 2.45) is 0 Å². The molecular formula is C22H30N8O2. The van der Waals surface area contributed by atoms with E-state index in [0.717, 1.165) is 53.6 Å². The van der Waals surface area contributed by atoms with Gasteiger partial charge in [0.1, 0.15) is 22.5 Å². The first-order chi connectivity index (χ1) is 15.7. The van der Waals surface area contributed by atoms with Crippen molar-refractivity contribution >= 4 is 28.6 Å². The standard InChI is InChI=1S/C22H30N8O2/c1-4-32-8-7-30-20-19(17(28-30)13-31-3)26-22(29-12-15-10-16(29)11-24-15)27-21(20)25-18-9-14(2)5-6-23-18/h5-6,9,15-16,24H,4,7-8,10-13H2,1-3H3,(H,23,25,26,27)/t15-,16-/m0/s1. The quantitative estimate of drug-likeness (QED) is 0.486. The maximum atomic E-state index is 5.59. The summed E-state index contributed by atoms with van der Waals surface area (Å²) in [5.41, 5.74) is 3.57. The van der Waals surface area contributed by atoms with Gasteiger partial charge in [-0.15, -0.1) is 0 Å². The average Bonchev–Trinajstić information content (AvgIpc) is 3.50. The zero-order valence-corrected chi connectivity index (χ0v) is 18.8. The van der Waals surface area contributed by atoms with Crippen molar-refractivity contribution in [2.75, 3.05) is 43.6 Å². The monoisotopic (exact) mass is 438 g/mol. The summed E-state index contributed by atoms with van der Waals surface area (Å²) in [5.74, 6) is 2.17. The molecule has 170 valence electrons. The van der Waals surface area contributed by atoms with Gasteiger partial charge in [-0.2, -0.15) is 10.1 Å². The number of fused-ring (bicyclic) bond motifs is 3. The molecule has 10 nitrogen and oxygen atoms in total. The van der Waals surface area contributed by atoms with E-state index in [-0.39, 0.29) is 0 Å². The molecule has 10 heteroatoms. The third-order valence-corrected chi connectivity index (χ3v) is 6.05. The summed E-state index contributed by atoms with van der Waals surface area (Å²) in [6.45, 7) is 8.12. The Labute approximate surface area is 187 Å². The Morgan fingerprint density at radius 3 is 2.94 bits per heavy atom. The van der Waals surface area contributed by atoms with Crippen LogP contribution in [0.25, 0.3) is 11.0 Å². The summed E-state index contributed by atoms with van der Waals surface area (Å²) < 4.78 is 12.9. The normalized spacial score (nSPS) is 19.9. The fourth-order valence-corrected chi connectivity index (χ4v) is 4.57. The third-order valence-electron chi connectivity index (χ3n) is 6.05. The maximum Gasteiger partial charge on any atom is 0.228 e. The van der Waals surface area contributed by atoms with E-state index in [2.05, 4.69) is 20.5 Å². The predicted octanol–water partition coefficient (Wildman–Crippen LogP) is 2.01. The second kappa shape index (κ2) is 8.97. The molecule has 2 bridgehead atoms. The van der Waals surface area contributed by atoms with E-state index in [1.165, 1.54) is 0 Å². The molecule has 5 heterocycles. The fourth-order valence-electron chi connectivity index (χ4n) is 4.57. The van der Waals surface area contributed by atoms with Crippen LogP contribution >= 0.6 is 0 Å². The molecule has 2 fully saturated rings. The molecule has 2 saturated heterocycles. The molecule has 2 aliphatic rings. The number of nitrogens with zero attached hydrogens (tertiary/aromatic N) is 6. The first-order valence-electron chi connectivity index (χ1n) is 11.2. The Bertz CT molecular complexity index is 1100. The largest absolute Gasteiger partial charge is 0.380 e. The topological polar surface area (TPSA) is 102 Å². The summed E-state index contributed by atoms with van der Waals surface area (Å²) in [6, 6.07) is 4.90. The highest BCUT2D eigenvalue weighted by atomic mass is 16.5. The number of anilines is 3. The molecule has 0 spiro atoms. The van der Waals surface area contributed by atoms with Crippen LogP contribution in [0.1, 0.15) is 24.6 Å². The number of piperazine rings is 1. The molecule has 2 atom stereocenters. The van der Waals surface area contributed by atoms with Gasteiger partial charge in [-0.25, -0.2) is 9.97 Å². The van der Waals surface area contributed by atoms with Crippen LogP contribution in [0.5, 0.6) is 0 Å². The minimum atomic E-state index is 0.379. The number of rotatable bonds is 9. The van der Waals surface area contributed by atoms with Gasteiger partial charge >= 0.3 is 0 Å². The number of ether oxygens (including phenoxy) is 2. The van der Waals surface area contributed by atoms with Crippen LogP contribution < -0.4 is 15.5 Å². The molecule has 3 aromatic rings. The van der Waals surface area contributed by atoms with Crippen molar-refractivity contribution in [1.82, 2.24) is 30.0 Å². The molecule has 0 aromatic carbocycles. The molecule has 2 N–H and O–H groups in total. The van der Waals surface area contributed by atoms with E-state index in [1.54, 1.807) is 13.3 Å².